The van der Waals surface area contributed by atoms with Gasteiger partial charge in [-0.1, -0.05) is 25.5 Å². The van der Waals surface area contributed by atoms with Crippen LogP contribution in [0, 0.1) is 5.92 Å². The van der Waals surface area contributed by atoms with Gasteiger partial charge < -0.3 is 15.7 Å². The van der Waals surface area contributed by atoms with Crippen LogP contribution in [0.25, 0.3) is 0 Å². The molecule has 1 aromatic carbocycles. The second kappa shape index (κ2) is 8.53. The van der Waals surface area contributed by atoms with Crippen molar-refractivity contribution in [3.63, 3.8) is 0 Å². The molecule has 0 aliphatic rings. The average molecular weight is 264 g/mol. The second-order valence-corrected chi connectivity index (χ2v) is 4.67. The first kappa shape index (κ1) is 15.5. The van der Waals surface area contributed by atoms with Crippen molar-refractivity contribution < 1.29 is 9.90 Å². The van der Waals surface area contributed by atoms with Crippen LogP contribution in [0.4, 0.5) is 5.69 Å². The number of benzene rings is 1. The Bertz CT molecular complexity index is 387. The first-order chi connectivity index (χ1) is 9.22. The zero-order valence-electron chi connectivity index (χ0n) is 11.8. The highest BCUT2D eigenvalue weighted by atomic mass is 16.3. The summed E-state index contributed by atoms with van der Waals surface area (Å²) in [5.74, 6) is 0.282. The van der Waals surface area contributed by atoms with Gasteiger partial charge in [0, 0.05) is 25.9 Å². The Labute approximate surface area is 115 Å². The van der Waals surface area contributed by atoms with E-state index in [9.17, 15) is 4.79 Å². The molecule has 0 radical (unpaired) electrons. The van der Waals surface area contributed by atoms with E-state index in [2.05, 4.69) is 17.6 Å². The number of amides is 1. The van der Waals surface area contributed by atoms with Gasteiger partial charge in [0.05, 0.1) is 5.56 Å². The van der Waals surface area contributed by atoms with Crippen molar-refractivity contribution in [2.45, 2.75) is 26.2 Å². The maximum Gasteiger partial charge on any atom is 0.253 e. The second-order valence-electron chi connectivity index (χ2n) is 4.67. The summed E-state index contributed by atoms with van der Waals surface area (Å²) >= 11 is 0. The minimum absolute atomic E-state index is 0.0657. The quantitative estimate of drug-likeness (QED) is 0.675. The molecule has 0 aliphatic carbocycles. The molecule has 1 atom stereocenters. The zero-order valence-corrected chi connectivity index (χ0v) is 11.8. The molecule has 4 heteroatoms. The number of rotatable bonds is 8. The smallest absolute Gasteiger partial charge is 0.253 e. The Morgan fingerprint density at radius 1 is 1.32 bits per heavy atom. The minimum Gasteiger partial charge on any atom is -0.396 e. The molecule has 1 rings (SSSR count). The normalized spacial score (nSPS) is 11.9. The third-order valence-electron chi connectivity index (χ3n) is 3.23. The van der Waals surface area contributed by atoms with Crippen LogP contribution in [-0.2, 0) is 0 Å². The van der Waals surface area contributed by atoms with Crippen molar-refractivity contribution in [2.24, 2.45) is 5.92 Å². The molecule has 0 aromatic heterocycles. The fraction of sp³-hybridized carbons (Fsp3) is 0.533. The van der Waals surface area contributed by atoms with Crippen LogP contribution in [0.15, 0.2) is 24.3 Å². The lowest BCUT2D eigenvalue weighted by Crippen LogP contribution is -2.30. The maximum absolute atomic E-state index is 12.1. The van der Waals surface area contributed by atoms with E-state index in [1.165, 1.54) is 0 Å². The summed E-state index contributed by atoms with van der Waals surface area (Å²) < 4.78 is 0. The lowest BCUT2D eigenvalue weighted by atomic mass is 10.00. The Hall–Kier alpha value is -1.55. The molecule has 0 saturated heterocycles. The molecule has 0 aliphatic heterocycles. The third-order valence-corrected chi connectivity index (χ3v) is 3.23. The van der Waals surface area contributed by atoms with Crippen molar-refractivity contribution in [3.05, 3.63) is 29.8 Å². The molecule has 1 amide bonds. The van der Waals surface area contributed by atoms with Gasteiger partial charge in [-0.15, -0.1) is 0 Å². The van der Waals surface area contributed by atoms with Gasteiger partial charge in [0.1, 0.15) is 0 Å². The Balaban J connectivity index is 2.58. The highest BCUT2D eigenvalue weighted by Crippen LogP contribution is 2.15. The van der Waals surface area contributed by atoms with E-state index < -0.39 is 0 Å². The molecule has 19 heavy (non-hydrogen) atoms. The van der Waals surface area contributed by atoms with Crippen molar-refractivity contribution in [1.82, 2.24) is 5.32 Å². The summed E-state index contributed by atoms with van der Waals surface area (Å²) in [7, 11) is 1.80. The van der Waals surface area contributed by atoms with E-state index in [1.807, 2.05) is 24.3 Å². The van der Waals surface area contributed by atoms with Crippen LogP contribution in [0.5, 0.6) is 0 Å². The average Bonchev–Trinajstić information content (AvgIpc) is 2.44. The molecule has 106 valence electrons. The summed E-state index contributed by atoms with van der Waals surface area (Å²) in [6.07, 6.45) is 2.82. The fourth-order valence-electron chi connectivity index (χ4n) is 2.17. The van der Waals surface area contributed by atoms with Gasteiger partial charge >= 0.3 is 0 Å². The van der Waals surface area contributed by atoms with Gasteiger partial charge in [0.25, 0.3) is 5.91 Å². The molecule has 3 N–H and O–H groups in total. The van der Waals surface area contributed by atoms with Gasteiger partial charge in [-0.25, -0.2) is 0 Å². The number of hydrogen-bond acceptors (Lipinski definition) is 3. The predicted molar refractivity (Wildman–Crippen MR) is 78.4 cm³/mol. The molecule has 1 aromatic rings. The minimum atomic E-state index is -0.0657. The number of hydrogen-bond donors (Lipinski definition) is 3. The van der Waals surface area contributed by atoms with Gasteiger partial charge in [-0.2, -0.15) is 0 Å². The first-order valence-electron chi connectivity index (χ1n) is 6.88. The first-order valence-corrected chi connectivity index (χ1v) is 6.88. The van der Waals surface area contributed by atoms with E-state index in [-0.39, 0.29) is 12.5 Å². The number of carbonyl (C=O) groups excluding carboxylic acids is 1. The molecular weight excluding hydrogens is 240 g/mol. The molecule has 0 heterocycles. The van der Waals surface area contributed by atoms with Gasteiger partial charge in [-0.05, 0) is 30.9 Å². The predicted octanol–water partition coefficient (Wildman–Crippen LogP) is 2.26. The topological polar surface area (TPSA) is 61.4 Å². The maximum atomic E-state index is 12.1. The number of aliphatic hydroxyl groups is 1. The van der Waals surface area contributed by atoms with Crippen LogP contribution >= 0.6 is 0 Å². The Kier molecular flexibility index (Phi) is 6.97. The number of carbonyl (C=O) groups is 1. The van der Waals surface area contributed by atoms with Crippen LogP contribution in [0.3, 0.4) is 0 Å². The molecule has 4 nitrogen and oxygen atoms in total. The number of anilines is 1. The van der Waals surface area contributed by atoms with Crippen molar-refractivity contribution in [2.75, 3.05) is 25.5 Å². The number of para-hydroxylation sites is 1. The van der Waals surface area contributed by atoms with E-state index in [1.54, 1.807) is 7.05 Å². The van der Waals surface area contributed by atoms with E-state index in [0.717, 1.165) is 24.9 Å². The Morgan fingerprint density at radius 2 is 2.05 bits per heavy atom. The Morgan fingerprint density at radius 3 is 2.68 bits per heavy atom. The van der Waals surface area contributed by atoms with Gasteiger partial charge in [0.2, 0.25) is 0 Å². The molecular formula is C15H24N2O2. The third kappa shape index (κ3) is 4.91. The van der Waals surface area contributed by atoms with Crippen LogP contribution in [0.1, 0.15) is 36.5 Å². The number of nitrogens with one attached hydrogen (secondary N) is 2. The zero-order chi connectivity index (χ0) is 14.1. The summed E-state index contributed by atoms with van der Waals surface area (Å²) in [4.78, 5) is 12.1. The van der Waals surface area contributed by atoms with E-state index in [4.69, 9.17) is 5.11 Å². The van der Waals surface area contributed by atoms with Crippen LogP contribution in [0.2, 0.25) is 0 Å². The van der Waals surface area contributed by atoms with Crippen molar-refractivity contribution >= 4 is 11.6 Å². The molecule has 1 unspecified atom stereocenters. The largest absolute Gasteiger partial charge is 0.396 e. The summed E-state index contributed by atoms with van der Waals surface area (Å²) in [5, 5.41) is 15.0. The fourth-order valence-corrected chi connectivity index (χ4v) is 2.17. The number of aliphatic hydroxyl groups excluding tert-OH is 1. The van der Waals surface area contributed by atoms with Gasteiger partial charge in [0.15, 0.2) is 0 Å². The van der Waals surface area contributed by atoms with Gasteiger partial charge in [-0.3, -0.25) is 4.79 Å². The van der Waals surface area contributed by atoms with Crippen LogP contribution in [-0.4, -0.2) is 31.2 Å². The molecule has 0 spiro atoms. The highest BCUT2D eigenvalue weighted by molar-refractivity contribution is 5.99. The van der Waals surface area contributed by atoms with Crippen LogP contribution < -0.4 is 10.6 Å². The summed E-state index contributed by atoms with van der Waals surface area (Å²) in [6.45, 7) is 2.90. The lowest BCUT2D eigenvalue weighted by molar-refractivity contribution is 0.0943. The van der Waals surface area contributed by atoms with E-state index >= 15 is 0 Å². The summed E-state index contributed by atoms with van der Waals surface area (Å²) in [6, 6.07) is 7.44. The summed E-state index contributed by atoms with van der Waals surface area (Å²) in [5.41, 5.74) is 1.48. The monoisotopic (exact) mass is 264 g/mol. The molecule has 0 bridgehead atoms. The standard InChI is InChI=1S/C15H24N2O2/c1-3-6-12(9-10-18)11-17-15(19)13-7-4-5-8-14(13)16-2/h4-5,7-8,12,16,18H,3,6,9-11H2,1-2H3,(H,17,19). The highest BCUT2D eigenvalue weighted by Gasteiger charge is 2.12. The molecule has 0 fully saturated rings. The van der Waals surface area contributed by atoms with Crippen molar-refractivity contribution in [1.29, 1.82) is 0 Å². The molecule has 0 saturated carbocycles. The van der Waals surface area contributed by atoms with Crippen molar-refractivity contribution in [3.8, 4) is 0 Å². The SMILES string of the molecule is CCCC(CCO)CNC(=O)c1ccccc1NC. The lowest BCUT2D eigenvalue weighted by Gasteiger charge is -2.16. The van der Waals surface area contributed by atoms with E-state index in [0.29, 0.717) is 18.0 Å².